The summed E-state index contributed by atoms with van der Waals surface area (Å²) in [5.74, 6) is -0.157. The molecule has 0 spiro atoms. The van der Waals surface area contributed by atoms with Crippen LogP contribution < -0.4 is 5.32 Å². The fourth-order valence-electron chi connectivity index (χ4n) is 1.65. The number of hydrogen-bond donors (Lipinski definition) is 1. The summed E-state index contributed by atoms with van der Waals surface area (Å²) in [5.41, 5.74) is 2.28. The molecule has 0 unspecified atom stereocenters. The van der Waals surface area contributed by atoms with Crippen LogP contribution in [0.1, 0.15) is 21.6 Å². The lowest BCUT2D eigenvalue weighted by Crippen LogP contribution is -2.23. The van der Waals surface area contributed by atoms with E-state index in [1.165, 1.54) is 0 Å². The Bertz CT molecular complexity index is 579. The molecule has 0 saturated carbocycles. The molecule has 1 heterocycles. The third kappa shape index (κ3) is 4.04. The number of nitrogens with one attached hydrogen (secondary N) is 1. The van der Waals surface area contributed by atoms with Crippen molar-refractivity contribution in [2.24, 2.45) is 0 Å². The topological polar surface area (TPSA) is 42.0 Å². The van der Waals surface area contributed by atoms with Crippen LogP contribution in [0.15, 0.2) is 40.9 Å². The van der Waals surface area contributed by atoms with E-state index in [-0.39, 0.29) is 5.91 Å². The molecule has 1 N–H and O–H groups in total. The average Bonchev–Trinajstić information content (AvgIpc) is 2.36. The Morgan fingerprint density at radius 2 is 2.00 bits per heavy atom. The second kappa shape index (κ2) is 6.17. The average molecular weight is 340 g/mol. The minimum absolute atomic E-state index is 0.157. The molecule has 1 aromatic carbocycles. The van der Waals surface area contributed by atoms with E-state index >= 15 is 0 Å². The van der Waals surface area contributed by atoms with Crippen LogP contribution in [-0.4, -0.2) is 10.9 Å². The molecule has 5 heteroatoms. The van der Waals surface area contributed by atoms with Crippen LogP contribution >= 0.6 is 27.5 Å². The summed E-state index contributed by atoms with van der Waals surface area (Å²) in [6.07, 6.45) is 0. The highest BCUT2D eigenvalue weighted by Gasteiger charge is 2.07. The number of halogens is 2. The van der Waals surface area contributed by atoms with Gasteiger partial charge in [-0.3, -0.25) is 4.79 Å². The lowest BCUT2D eigenvalue weighted by atomic mass is 10.2. The molecule has 1 aromatic heterocycles. The van der Waals surface area contributed by atoms with Crippen molar-refractivity contribution in [1.29, 1.82) is 0 Å². The van der Waals surface area contributed by atoms with Gasteiger partial charge in [0.2, 0.25) is 0 Å². The summed E-state index contributed by atoms with van der Waals surface area (Å²) >= 11 is 9.20. The van der Waals surface area contributed by atoms with E-state index in [2.05, 4.69) is 26.2 Å². The van der Waals surface area contributed by atoms with E-state index in [1.807, 2.05) is 24.3 Å². The third-order valence-corrected chi connectivity index (χ3v) is 3.27. The number of carbonyl (C=O) groups excluding carboxylic acids is 1. The van der Waals surface area contributed by atoms with Gasteiger partial charge < -0.3 is 5.32 Å². The Morgan fingerprint density at radius 1 is 1.32 bits per heavy atom. The SMILES string of the molecule is Cc1cc(C(=O)NCc2ccc(Br)cc2)cc(Cl)n1. The molecule has 1 amide bonds. The highest BCUT2D eigenvalue weighted by Crippen LogP contribution is 2.12. The number of amides is 1. The Kier molecular flexibility index (Phi) is 4.56. The molecule has 19 heavy (non-hydrogen) atoms. The zero-order chi connectivity index (χ0) is 13.8. The van der Waals surface area contributed by atoms with Crippen molar-refractivity contribution in [3.05, 3.63) is 62.8 Å². The van der Waals surface area contributed by atoms with E-state index in [9.17, 15) is 4.79 Å². The second-order valence-electron chi connectivity index (χ2n) is 4.13. The van der Waals surface area contributed by atoms with Gasteiger partial charge in [-0.2, -0.15) is 0 Å². The molecule has 0 fully saturated rings. The van der Waals surface area contributed by atoms with E-state index in [0.717, 1.165) is 15.7 Å². The molecule has 0 aliphatic carbocycles. The first-order valence-electron chi connectivity index (χ1n) is 5.71. The molecule has 98 valence electrons. The molecule has 2 aromatic rings. The van der Waals surface area contributed by atoms with Crippen molar-refractivity contribution in [3.63, 3.8) is 0 Å². The molecule has 0 aliphatic rings. The summed E-state index contributed by atoms with van der Waals surface area (Å²) < 4.78 is 1.01. The van der Waals surface area contributed by atoms with E-state index < -0.39 is 0 Å². The van der Waals surface area contributed by atoms with Gasteiger partial charge in [0.25, 0.3) is 5.91 Å². The van der Waals surface area contributed by atoms with Gasteiger partial charge >= 0.3 is 0 Å². The van der Waals surface area contributed by atoms with Crippen molar-refractivity contribution in [2.45, 2.75) is 13.5 Å². The fourth-order valence-corrected chi connectivity index (χ4v) is 2.16. The molecule has 0 aliphatic heterocycles. The van der Waals surface area contributed by atoms with Crippen LogP contribution in [0, 0.1) is 6.92 Å². The normalized spacial score (nSPS) is 10.3. The van der Waals surface area contributed by atoms with Crippen molar-refractivity contribution in [1.82, 2.24) is 10.3 Å². The van der Waals surface area contributed by atoms with Gasteiger partial charge in [-0.15, -0.1) is 0 Å². The Labute approximate surface area is 125 Å². The fraction of sp³-hybridized carbons (Fsp3) is 0.143. The predicted octanol–water partition coefficient (Wildman–Crippen LogP) is 3.74. The zero-order valence-electron chi connectivity index (χ0n) is 10.3. The first-order valence-corrected chi connectivity index (χ1v) is 6.88. The number of aryl methyl sites for hydroxylation is 1. The van der Waals surface area contributed by atoms with Crippen molar-refractivity contribution < 1.29 is 4.79 Å². The molecule has 0 radical (unpaired) electrons. The summed E-state index contributed by atoms with van der Waals surface area (Å²) in [4.78, 5) is 16.0. The smallest absolute Gasteiger partial charge is 0.251 e. The first-order chi connectivity index (χ1) is 9.04. The van der Waals surface area contributed by atoms with E-state index in [4.69, 9.17) is 11.6 Å². The molecule has 2 rings (SSSR count). The van der Waals surface area contributed by atoms with Gasteiger partial charge in [-0.1, -0.05) is 39.7 Å². The molecule has 3 nitrogen and oxygen atoms in total. The molecule has 0 saturated heterocycles. The maximum Gasteiger partial charge on any atom is 0.251 e. The van der Waals surface area contributed by atoms with Crippen molar-refractivity contribution >= 4 is 33.4 Å². The van der Waals surface area contributed by atoms with Crippen LogP contribution in [0.5, 0.6) is 0 Å². The highest BCUT2D eigenvalue weighted by atomic mass is 79.9. The minimum Gasteiger partial charge on any atom is -0.348 e. The van der Waals surface area contributed by atoms with Crippen molar-refractivity contribution in [2.75, 3.05) is 0 Å². The number of carbonyl (C=O) groups is 1. The number of hydrogen-bond acceptors (Lipinski definition) is 2. The number of benzene rings is 1. The van der Waals surface area contributed by atoms with E-state index in [0.29, 0.717) is 17.3 Å². The molecular weight excluding hydrogens is 328 g/mol. The number of pyridine rings is 1. The highest BCUT2D eigenvalue weighted by molar-refractivity contribution is 9.10. The molecule has 0 bridgehead atoms. The van der Waals surface area contributed by atoms with Crippen LogP contribution in [-0.2, 0) is 6.54 Å². The minimum atomic E-state index is -0.157. The van der Waals surface area contributed by atoms with E-state index in [1.54, 1.807) is 19.1 Å². The van der Waals surface area contributed by atoms with Crippen LogP contribution in [0.4, 0.5) is 0 Å². The first kappa shape index (κ1) is 14.0. The number of aromatic nitrogens is 1. The van der Waals surface area contributed by atoms with Crippen molar-refractivity contribution in [3.8, 4) is 0 Å². The maximum absolute atomic E-state index is 12.0. The summed E-state index contributed by atoms with van der Waals surface area (Å²) in [7, 11) is 0. The van der Waals surface area contributed by atoms with Gasteiger partial charge in [0.05, 0.1) is 0 Å². The zero-order valence-corrected chi connectivity index (χ0v) is 12.6. The van der Waals surface area contributed by atoms with Gasteiger partial charge in [-0.05, 0) is 36.8 Å². The monoisotopic (exact) mass is 338 g/mol. The van der Waals surface area contributed by atoms with Gasteiger partial charge in [0.15, 0.2) is 0 Å². The Balaban J connectivity index is 2.03. The molecule has 0 atom stereocenters. The maximum atomic E-state index is 12.0. The lowest BCUT2D eigenvalue weighted by Gasteiger charge is -2.06. The van der Waals surface area contributed by atoms with Gasteiger partial charge in [0.1, 0.15) is 5.15 Å². The second-order valence-corrected chi connectivity index (χ2v) is 5.43. The van der Waals surface area contributed by atoms with Crippen LogP contribution in [0.3, 0.4) is 0 Å². The predicted molar refractivity (Wildman–Crippen MR) is 79.3 cm³/mol. The lowest BCUT2D eigenvalue weighted by molar-refractivity contribution is 0.0950. The van der Waals surface area contributed by atoms with Gasteiger partial charge in [0, 0.05) is 22.3 Å². The third-order valence-electron chi connectivity index (χ3n) is 2.55. The summed E-state index contributed by atoms with van der Waals surface area (Å²) in [6.45, 7) is 2.28. The summed E-state index contributed by atoms with van der Waals surface area (Å²) in [6, 6.07) is 11.1. The quantitative estimate of drug-likeness (QED) is 0.866. The number of rotatable bonds is 3. The Hall–Kier alpha value is -1.39. The van der Waals surface area contributed by atoms with Gasteiger partial charge in [-0.25, -0.2) is 4.98 Å². The standard InChI is InChI=1S/C14H12BrClN2O/c1-9-6-11(7-13(16)18-9)14(19)17-8-10-2-4-12(15)5-3-10/h2-7H,8H2,1H3,(H,17,19). The number of nitrogens with zero attached hydrogens (tertiary/aromatic N) is 1. The van der Waals surface area contributed by atoms with Crippen LogP contribution in [0.25, 0.3) is 0 Å². The van der Waals surface area contributed by atoms with Crippen LogP contribution in [0.2, 0.25) is 5.15 Å². The summed E-state index contributed by atoms with van der Waals surface area (Å²) in [5, 5.41) is 3.18. The molecular formula is C14H12BrClN2O. The Morgan fingerprint density at radius 3 is 2.63 bits per heavy atom. The largest absolute Gasteiger partial charge is 0.348 e.